The van der Waals surface area contributed by atoms with Gasteiger partial charge in [0.1, 0.15) is 11.6 Å². The molecule has 94 valence electrons. The summed E-state index contributed by atoms with van der Waals surface area (Å²) in [5.74, 6) is 3.03. The third kappa shape index (κ3) is 2.21. The van der Waals surface area contributed by atoms with Crippen molar-refractivity contribution in [2.75, 3.05) is 33.2 Å². The molecule has 0 bridgehead atoms. The van der Waals surface area contributed by atoms with Gasteiger partial charge < -0.3 is 14.8 Å². The molecule has 0 saturated carbocycles. The fourth-order valence-corrected chi connectivity index (χ4v) is 2.83. The Balaban J connectivity index is 1.83. The molecule has 0 aromatic carbocycles. The van der Waals surface area contributed by atoms with E-state index in [1.807, 2.05) is 0 Å². The standard InChI is InChI=1S/C12H21N5/c1-16-7-4-11-14-15-12(17(11)9-8-16)10-2-5-13-6-3-10/h10,13H,2-9H2,1H3. The third-order valence-electron chi connectivity index (χ3n) is 3.98. The third-order valence-corrected chi connectivity index (χ3v) is 3.98. The maximum absolute atomic E-state index is 4.45. The summed E-state index contributed by atoms with van der Waals surface area (Å²) in [5.41, 5.74) is 0. The smallest absolute Gasteiger partial charge is 0.136 e. The molecule has 0 atom stereocenters. The monoisotopic (exact) mass is 235 g/mol. The summed E-state index contributed by atoms with van der Waals surface area (Å²) in [6.45, 7) is 5.50. The number of hydrogen-bond donors (Lipinski definition) is 1. The van der Waals surface area contributed by atoms with Crippen LogP contribution in [0.15, 0.2) is 0 Å². The van der Waals surface area contributed by atoms with Crippen LogP contribution in [-0.4, -0.2) is 52.9 Å². The minimum atomic E-state index is 0.612. The molecular weight excluding hydrogens is 214 g/mol. The van der Waals surface area contributed by atoms with E-state index < -0.39 is 0 Å². The average Bonchev–Trinajstić information content (AvgIpc) is 2.69. The van der Waals surface area contributed by atoms with Crippen molar-refractivity contribution in [3.05, 3.63) is 11.6 Å². The Bertz CT molecular complexity index is 380. The molecule has 0 radical (unpaired) electrons. The van der Waals surface area contributed by atoms with Gasteiger partial charge >= 0.3 is 0 Å². The molecule has 5 heteroatoms. The summed E-state index contributed by atoms with van der Waals surface area (Å²) in [5, 5.41) is 12.3. The van der Waals surface area contributed by atoms with Crippen LogP contribution in [0.1, 0.15) is 30.4 Å². The molecule has 0 aliphatic carbocycles. The van der Waals surface area contributed by atoms with Crippen LogP contribution >= 0.6 is 0 Å². The second-order valence-electron chi connectivity index (χ2n) is 5.20. The van der Waals surface area contributed by atoms with E-state index in [2.05, 4.69) is 32.0 Å². The van der Waals surface area contributed by atoms with Gasteiger partial charge in [-0.1, -0.05) is 0 Å². The zero-order valence-corrected chi connectivity index (χ0v) is 10.5. The minimum Gasteiger partial charge on any atom is -0.317 e. The number of likely N-dealkylation sites (N-methyl/N-ethyl adjacent to an activating group) is 1. The fraction of sp³-hybridized carbons (Fsp3) is 0.833. The summed E-state index contributed by atoms with van der Waals surface area (Å²) in [7, 11) is 2.18. The number of nitrogens with one attached hydrogen (secondary N) is 1. The van der Waals surface area contributed by atoms with Crippen LogP contribution in [-0.2, 0) is 13.0 Å². The van der Waals surface area contributed by atoms with E-state index in [9.17, 15) is 0 Å². The van der Waals surface area contributed by atoms with Crippen LogP contribution in [0.2, 0.25) is 0 Å². The highest BCUT2D eigenvalue weighted by molar-refractivity contribution is 5.05. The van der Waals surface area contributed by atoms with Gasteiger partial charge in [-0.05, 0) is 33.0 Å². The minimum absolute atomic E-state index is 0.612. The van der Waals surface area contributed by atoms with Crippen molar-refractivity contribution in [1.29, 1.82) is 0 Å². The molecule has 1 aromatic heterocycles. The van der Waals surface area contributed by atoms with Crippen molar-refractivity contribution in [2.24, 2.45) is 0 Å². The Morgan fingerprint density at radius 2 is 1.94 bits per heavy atom. The van der Waals surface area contributed by atoms with Crippen molar-refractivity contribution in [3.8, 4) is 0 Å². The maximum Gasteiger partial charge on any atom is 0.136 e. The Kier molecular flexibility index (Phi) is 3.11. The lowest BCUT2D eigenvalue weighted by molar-refractivity contribution is 0.336. The van der Waals surface area contributed by atoms with Gasteiger partial charge in [0, 0.05) is 32.0 Å². The molecule has 0 amide bonds. The van der Waals surface area contributed by atoms with Crippen molar-refractivity contribution < 1.29 is 0 Å². The SMILES string of the molecule is CN1CCc2nnc(C3CCNCC3)n2CC1. The van der Waals surface area contributed by atoms with Crippen LogP contribution in [0.4, 0.5) is 0 Å². The molecular formula is C12H21N5. The van der Waals surface area contributed by atoms with E-state index in [1.54, 1.807) is 0 Å². The Morgan fingerprint density at radius 1 is 1.12 bits per heavy atom. The first-order valence-corrected chi connectivity index (χ1v) is 6.66. The van der Waals surface area contributed by atoms with Crippen LogP contribution in [0.5, 0.6) is 0 Å². The Labute approximate surface area is 102 Å². The average molecular weight is 235 g/mol. The van der Waals surface area contributed by atoms with Crippen molar-refractivity contribution in [3.63, 3.8) is 0 Å². The fourth-order valence-electron chi connectivity index (χ4n) is 2.83. The molecule has 5 nitrogen and oxygen atoms in total. The summed E-state index contributed by atoms with van der Waals surface area (Å²) in [6, 6.07) is 0. The van der Waals surface area contributed by atoms with Gasteiger partial charge in [0.25, 0.3) is 0 Å². The van der Waals surface area contributed by atoms with Crippen LogP contribution in [0, 0.1) is 0 Å². The molecule has 0 unspecified atom stereocenters. The Hall–Kier alpha value is -0.940. The topological polar surface area (TPSA) is 46.0 Å². The van der Waals surface area contributed by atoms with E-state index in [1.165, 1.54) is 24.5 Å². The lowest BCUT2D eigenvalue weighted by Crippen LogP contribution is -2.28. The molecule has 3 rings (SSSR count). The van der Waals surface area contributed by atoms with Crippen molar-refractivity contribution in [2.45, 2.75) is 31.7 Å². The lowest BCUT2D eigenvalue weighted by atomic mass is 9.97. The quantitative estimate of drug-likeness (QED) is 0.757. The van der Waals surface area contributed by atoms with Gasteiger partial charge in [-0.15, -0.1) is 10.2 Å². The van der Waals surface area contributed by atoms with E-state index in [0.29, 0.717) is 5.92 Å². The number of nitrogens with zero attached hydrogens (tertiary/aromatic N) is 4. The molecule has 1 aromatic rings. The number of piperidine rings is 1. The van der Waals surface area contributed by atoms with Crippen LogP contribution < -0.4 is 5.32 Å². The second-order valence-corrected chi connectivity index (χ2v) is 5.20. The second kappa shape index (κ2) is 4.74. The summed E-state index contributed by atoms with van der Waals surface area (Å²) < 4.78 is 2.37. The number of rotatable bonds is 1. The Morgan fingerprint density at radius 3 is 2.76 bits per heavy atom. The zero-order chi connectivity index (χ0) is 11.7. The predicted molar refractivity (Wildman–Crippen MR) is 66.1 cm³/mol. The molecule has 1 saturated heterocycles. The predicted octanol–water partition coefficient (Wildman–Crippen LogP) is 0.233. The highest BCUT2D eigenvalue weighted by Gasteiger charge is 2.24. The zero-order valence-electron chi connectivity index (χ0n) is 10.5. The summed E-state index contributed by atoms with van der Waals surface area (Å²) in [4.78, 5) is 2.38. The van der Waals surface area contributed by atoms with Gasteiger partial charge in [-0.3, -0.25) is 0 Å². The molecule has 2 aliphatic heterocycles. The largest absolute Gasteiger partial charge is 0.317 e. The van der Waals surface area contributed by atoms with Crippen LogP contribution in [0.3, 0.4) is 0 Å². The van der Waals surface area contributed by atoms with E-state index in [-0.39, 0.29) is 0 Å². The first-order valence-electron chi connectivity index (χ1n) is 6.66. The molecule has 2 aliphatic rings. The van der Waals surface area contributed by atoms with E-state index in [4.69, 9.17) is 0 Å². The molecule has 3 heterocycles. The lowest BCUT2D eigenvalue weighted by Gasteiger charge is -2.22. The number of hydrogen-bond acceptors (Lipinski definition) is 4. The van der Waals surface area contributed by atoms with Crippen molar-refractivity contribution in [1.82, 2.24) is 25.0 Å². The van der Waals surface area contributed by atoms with Gasteiger partial charge in [-0.25, -0.2) is 0 Å². The first-order chi connectivity index (χ1) is 8.34. The normalized spacial score (nSPS) is 23.4. The molecule has 1 fully saturated rings. The van der Waals surface area contributed by atoms with E-state index >= 15 is 0 Å². The molecule has 0 spiro atoms. The molecule has 17 heavy (non-hydrogen) atoms. The first kappa shape index (κ1) is 11.2. The highest BCUT2D eigenvalue weighted by Crippen LogP contribution is 2.24. The van der Waals surface area contributed by atoms with Gasteiger partial charge in [0.2, 0.25) is 0 Å². The van der Waals surface area contributed by atoms with Gasteiger partial charge in [0.15, 0.2) is 0 Å². The highest BCUT2D eigenvalue weighted by atomic mass is 15.3. The van der Waals surface area contributed by atoms with E-state index in [0.717, 1.165) is 39.1 Å². The maximum atomic E-state index is 4.45. The van der Waals surface area contributed by atoms with Crippen LogP contribution in [0.25, 0.3) is 0 Å². The van der Waals surface area contributed by atoms with Gasteiger partial charge in [-0.2, -0.15) is 0 Å². The number of aromatic nitrogens is 3. The van der Waals surface area contributed by atoms with Crippen molar-refractivity contribution >= 4 is 0 Å². The summed E-state index contributed by atoms with van der Waals surface area (Å²) in [6.07, 6.45) is 3.44. The van der Waals surface area contributed by atoms with Gasteiger partial charge in [0.05, 0.1) is 0 Å². The summed E-state index contributed by atoms with van der Waals surface area (Å²) >= 11 is 0. The molecule has 1 N–H and O–H groups in total. The number of fused-ring (bicyclic) bond motifs is 1.